The van der Waals surface area contributed by atoms with Crippen LogP contribution in [0.3, 0.4) is 0 Å². The number of benzene rings is 1. The number of aryl methyl sites for hydroxylation is 1. The summed E-state index contributed by atoms with van der Waals surface area (Å²) in [6.45, 7) is 2.22. The minimum atomic E-state index is -1.18. The summed E-state index contributed by atoms with van der Waals surface area (Å²) in [6.07, 6.45) is 3.03. The smallest absolute Gasteiger partial charge is 0.323 e. The lowest BCUT2D eigenvalue weighted by atomic mass is 10.1. The molecule has 1 aromatic rings. The van der Waals surface area contributed by atoms with E-state index in [4.69, 9.17) is 37.6 Å². The lowest BCUT2D eigenvalue weighted by Crippen LogP contribution is -2.39. The van der Waals surface area contributed by atoms with Crippen LogP contribution in [0, 0.1) is 0 Å². The Morgan fingerprint density at radius 2 is 1.55 bits per heavy atom. The van der Waals surface area contributed by atoms with Crippen molar-refractivity contribution >= 4 is 11.9 Å². The Hall–Kier alpha value is -2.08. The Morgan fingerprint density at radius 1 is 1.00 bits per heavy atom. The molecule has 0 aromatic heterocycles. The molecule has 0 saturated carbocycles. The monoisotopic (exact) mass is 418 g/mol. The van der Waals surface area contributed by atoms with E-state index in [-0.39, 0.29) is 12.8 Å². The van der Waals surface area contributed by atoms with Crippen molar-refractivity contribution in [3.05, 3.63) is 35.9 Å². The zero-order valence-corrected chi connectivity index (χ0v) is 17.1. The number of aliphatic carboxylic acids is 2. The van der Waals surface area contributed by atoms with E-state index in [1.54, 1.807) is 0 Å². The third-order valence-electron chi connectivity index (χ3n) is 3.56. The largest absolute Gasteiger partial charge is 0.480 e. The van der Waals surface area contributed by atoms with Gasteiger partial charge in [0.25, 0.3) is 0 Å². The average molecular weight is 419 g/mol. The Bertz CT molecular complexity index is 517. The first kappa shape index (κ1) is 31.6. The van der Waals surface area contributed by atoms with Gasteiger partial charge in [-0.15, -0.1) is 0 Å². The van der Waals surface area contributed by atoms with Crippen molar-refractivity contribution in [3.8, 4) is 0 Å². The van der Waals surface area contributed by atoms with Crippen molar-refractivity contribution in [1.29, 1.82) is 0 Å². The normalized spacial score (nSPS) is 12.6. The third kappa shape index (κ3) is 20.5. The number of aliphatic hydroxyl groups is 2. The predicted octanol–water partition coefficient (Wildman–Crippen LogP) is 0.0799. The Morgan fingerprint density at radius 3 is 1.90 bits per heavy atom. The summed E-state index contributed by atoms with van der Waals surface area (Å²) in [5.41, 5.74) is 16.6. The molecule has 0 aliphatic carbocycles. The fraction of sp³-hybridized carbons (Fsp3) is 0.579. The highest BCUT2D eigenvalue weighted by Gasteiger charge is 2.16. The van der Waals surface area contributed by atoms with Gasteiger partial charge in [0, 0.05) is 6.61 Å². The van der Waals surface area contributed by atoms with Gasteiger partial charge in [-0.3, -0.25) is 9.59 Å². The first-order chi connectivity index (χ1) is 13.2. The zero-order chi connectivity index (χ0) is 21.9. The van der Waals surface area contributed by atoms with E-state index in [1.807, 2.05) is 18.2 Å². The Labute approximate surface area is 172 Å². The number of aliphatic hydroxyl groups excluding tert-OH is 2. The maximum absolute atomic E-state index is 10.1. The Balaban J connectivity index is -0.000000347. The van der Waals surface area contributed by atoms with Gasteiger partial charge in [-0.2, -0.15) is 0 Å². The van der Waals surface area contributed by atoms with Crippen LogP contribution in [0.25, 0.3) is 0 Å². The molecule has 0 aliphatic heterocycles. The first-order valence-electron chi connectivity index (χ1n) is 9.17. The molecule has 0 radical (unpaired) electrons. The number of nitrogens with two attached hydrogens (primary N) is 3. The van der Waals surface area contributed by atoms with Crippen molar-refractivity contribution < 1.29 is 30.0 Å². The van der Waals surface area contributed by atoms with E-state index in [0.29, 0.717) is 13.0 Å². The van der Waals surface area contributed by atoms with Gasteiger partial charge in [0.1, 0.15) is 12.1 Å². The number of hydrogen-bond acceptors (Lipinski definition) is 8. The lowest BCUT2D eigenvalue weighted by Gasteiger charge is -2.06. The molecule has 10 heteroatoms. The van der Waals surface area contributed by atoms with Crippen molar-refractivity contribution in [1.82, 2.24) is 6.15 Å². The van der Waals surface area contributed by atoms with Crippen LogP contribution in [-0.2, 0) is 16.0 Å². The van der Waals surface area contributed by atoms with Crippen LogP contribution in [0.15, 0.2) is 30.3 Å². The molecule has 0 bridgehead atoms. The van der Waals surface area contributed by atoms with E-state index in [0.717, 1.165) is 25.7 Å². The van der Waals surface area contributed by atoms with Crippen molar-refractivity contribution in [2.75, 3.05) is 13.2 Å². The minimum Gasteiger partial charge on any atom is -0.480 e. The molecule has 0 fully saturated rings. The molecule has 0 aliphatic rings. The third-order valence-corrected chi connectivity index (χ3v) is 3.56. The van der Waals surface area contributed by atoms with Gasteiger partial charge in [-0.05, 0) is 44.7 Å². The van der Waals surface area contributed by atoms with E-state index < -0.39 is 30.1 Å². The second kappa shape index (κ2) is 20.6. The van der Waals surface area contributed by atoms with E-state index in [2.05, 4.69) is 12.1 Å². The lowest BCUT2D eigenvalue weighted by molar-refractivity contribution is -0.141. The highest BCUT2D eigenvalue weighted by Crippen LogP contribution is 2.00. The molecule has 0 heterocycles. The van der Waals surface area contributed by atoms with Crippen molar-refractivity contribution in [2.24, 2.45) is 17.2 Å². The van der Waals surface area contributed by atoms with Gasteiger partial charge in [0.15, 0.2) is 0 Å². The molecule has 1 aromatic carbocycles. The van der Waals surface area contributed by atoms with Crippen LogP contribution in [0.5, 0.6) is 0 Å². The van der Waals surface area contributed by atoms with Gasteiger partial charge in [0.2, 0.25) is 0 Å². The number of carbonyl (C=O) groups is 2. The zero-order valence-electron chi connectivity index (χ0n) is 17.1. The maximum atomic E-state index is 10.1. The predicted molar refractivity (Wildman–Crippen MR) is 113 cm³/mol. The summed E-state index contributed by atoms with van der Waals surface area (Å²) in [6, 6.07) is 8.33. The Kier molecular flexibility index (Phi) is 22.5. The number of rotatable bonds is 10. The second-order valence-electron chi connectivity index (χ2n) is 6.15. The van der Waals surface area contributed by atoms with Crippen LogP contribution >= 0.6 is 0 Å². The topological polar surface area (TPSA) is 228 Å². The molecule has 13 N–H and O–H groups in total. The second-order valence-corrected chi connectivity index (χ2v) is 6.15. The van der Waals surface area contributed by atoms with Gasteiger partial charge in [-0.1, -0.05) is 36.8 Å². The van der Waals surface area contributed by atoms with Crippen molar-refractivity contribution in [3.63, 3.8) is 0 Å². The maximum Gasteiger partial charge on any atom is 0.323 e. The quantitative estimate of drug-likeness (QED) is 0.238. The molecule has 1 rings (SSSR count). The highest BCUT2D eigenvalue weighted by atomic mass is 16.4. The van der Waals surface area contributed by atoms with Crippen LogP contribution in [0.4, 0.5) is 0 Å². The minimum absolute atomic E-state index is 0. The van der Waals surface area contributed by atoms with Gasteiger partial charge in [-0.25, -0.2) is 0 Å². The summed E-state index contributed by atoms with van der Waals surface area (Å²) in [5, 5.41) is 33.4. The summed E-state index contributed by atoms with van der Waals surface area (Å²) >= 11 is 0. The molecular weight excluding hydrogens is 380 g/mol. The molecule has 29 heavy (non-hydrogen) atoms. The number of carboxylic acid groups (broad SMARTS) is 2. The molecule has 170 valence electrons. The average Bonchev–Trinajstić information content (AvgIpc) is 2.67. The standard InChI is InChI=1S/C9H12O.C6H14N2O2.C4H9NO3.H3N/c10-8-4-7-9-5-2-1-3-6-9;7-4-2-1-3-5(8)6(9)10;1-2(6)3(5)4(7)8;/h1-3,5-6,10H,4,7-8H2;5H,1-4,7-8H2,(H,9,10);2-3,6H,5H2,1H3,(H,7,8);1H3. The highest BCUT2D eigenvalue weighted by molar-refractivity contribution is 5.73. The van der Waals surface area contributed by atoms with E-state index in [1.165, 1.54) is 12.5 Å². The van der Waals surface area contributed by atoms with Gasteiger partial charge < -0.3 is 43.8 Å². The van der Waals surface area contributed by atoms with Crippen LogP contribution < -0.4 is 23.4 Å². The molecule has 3 unspecified atom stereocenters. The summed E-state index contributed by atoms with van der Waals surface area (Å²) < 4.78 is 0. The van der Waals surface area contributed by atoms with E-state index in [9.17, 15) is 9.59 Å². The molecular formula is C19H38N4O6. The molecule has 10 nitrogen and oxygen atoms in total. The first-order valence-corrected chi connectivity index (χ1v) is 9.17. The van der Waals surface area contributed by atoms with Crippen LogP contribution in [0.2, 0.25) is 0 Å². The summed E-state index contributed by atoms with van der Waals surface area (Å²) in [4.78, 5) is 20.0. The summed E-state index contributed by atoms with van der Waals surface area (Å²) in [7, 11) is 0. The number of unbranched alkanes of at least 4 members (excludes halogenated alkanes) is 1. The molecule has 0 amide bonds. The number of carboxylic acids is 2. The molecule has 0 spiro atoms. The molecule has 0 saturated heterocycles. The van der Waals surface area contributed by atoms with Gasteiger partial charge in [0.05, 0.1) is 6.10 Å². The fourth-order valence-electron chi connectivity index (χ4n) is 1.77. The number of hydrogen-bond donors (Lipinski definition) is 8. The molecule has 3 atom stereocenters. The van der Waals surface area contributed by atoms with Crippen molar-refractivity contribution in [2.45, 2.75) is 57.2 Å². The fourth-order valence-corrected chi connectivity index (χ4v) is 1.77. The SMILES string of the molecule is CC(O)C(N)C(=O)O.N.NCCCCC(N)C(=O)O.OCCCc1ccccc1. The van der Waals surface area contributed by atoms with Crippen LogP contribution in [0.1, 0.15) is 38.2 Å². The van der Waals surface area contributed by atoms with E-state index >= 15 is 0 Å². The van der Waals surface area contributed by atoms with Crippen LogP contribution in [-0.4, -0.2) is 63.7 Å². The summed E-state index contributed by atoms with van der Waals surface area (Å²) in [5.74, 6) is -2.11. The van der Waals surface area contributed by atoms with Gasteiger partial charge >= 0.3 is 11.9 Å².